The molecule has 2 aliphatic rings. The lowest BCUT2D eigenvalue weighted by Gasteiger charge is -2.28. The van der Waals surface area contributed by atoms with Gasteiger partial charge in [-0.15, -0.1) is 0 Å². The maximum absolute atomic E-state index is 13.5. The van der Waals surface area contributed by atoms with Gasteiger partial charge in [0.15, 0.2) is 12.3 Å². The lowest BCUT2D eigenvalue weighted by atomic mass is 10.0. The summed E-state index contributed by atoms with van der Waals surface area (Å²) >= 11 is 0. The third-order valence-electron chi connectivity index (χ3n) is 5.26. The molecule has 1 saturated heterocycles. The van der Waals surface area contributed by atoms with E-state index in [4.69, 9.17) is 9.57 Å². The van der Waals surface area contributed by atoms with Crippen molar-refractivity contribution in [1.82, 2.24) is 4.31 Å². The van der Waals surface area contributed by atoms with Crippen molar-refractivity contribution in [2.45, 2.75) is 56.6 Å². The molecule has 0 unspecified atom stereocenters. The van der Waals surface area contributed by atoms with E-state index in [1.54, 1.807) is 24.3 Å². The zero-order valence-electron chi connectivity index (χ0n) is 16.1. The predicted octanol–water partition coefficient (Wildman–Crippen LogP) is 3.64. The third kappa shape index (κ3) is 3.34. The quantitative estimate of drug-likeness (QED) is 0.786. The third-order valence-corrected chi connectivity index (χ3v) is 7.22. The monoisotopic (exact) mass is 400 g/mol. The highest BCUT2D eigenvalue weighted by Crippen LogP contribution is 2.41. The average molecular weight is 401 g/mol. The van der Waals surface area contributed by atoms with Gasteiger partial charge >= 0.3 is 0 Å². The molecule has 0 saturated carbocycles. The van der Waals surface area contributed by atoms with Gasteiger partial charge in [-0.05, 0) is 38.5 Å². The molecule has 6 nitrogen and oxygen atoms in total. The van der Waals surface area contributed by atoms with E-state index in [1.807, 2.05) is 51.1 Å². The normalized spacial score (nSPS) is 28.2. The molecule has 0 aromatic heterocycles. The molecule has 4 atom stereocenters. The Morgan fingerprint density at radius 1 is 1.04 bits per heavy atom. The molecule has 0 aliphatic carbocycles. The molecule has 7 heteroatoms. The van der Waals surface area contributed by atoms with Crippen LogP contribution in [0.5, 0.6) is 0 Å². The van der Waals surface area contributed by atoms with Crippen LogP contribution in [0.1, 0.15) is 37.5 Å². The zero-order valence-corrected chi connectivity index (χ0v) is 17.0. The predicted molar refractivity (Wildman–Crippen MR) is 106 cm³/mol. The summed E-state index contributed by atoms with van der Waals surface area (Å²) in [5.41, 5.74) is 2.78. The number of rotatable bonds is 4. The van der Waals surface area contributed by atoms with Crippen molar-refractivity contribution in [1.29, 1.82) is 0 Å². The molecular formula is C21H24N2O4S. The van der Waals surface area contributed by atoms with Gasteiger partial charge in [-0.1, -0.05) is 53.2 Å². The number of nitrogens with zero attached hydrogens (tertiary/aromatic N) is 2. The number of oxime groups is 1. The Labute approximate surface area is 165 Å². The van der Waals surface area contributed by atoms with Gasteiger partial charge in [-0.25, -0.2) is 8.42 Å². The SMILES string of the molecule is CC1=NO[C@H]([C@@H]2O[C@H](c3ccccc3)[C@H](C)N2S(=O)(=O)c2ccc(C)cc2)C1. The Morgan fingerprint density at radius 3 is 2.32 bits per heavy atom. The first-order valence-electron chi connectivity index (χ1n) is 9.38. The van der Waals surface area contributed by atoms with Crippen LogP contribution in [-0.4, -0.2) is 36.8 Å². The molecule has 2 heterocycles. The standard InChI is InChI=1S/C21H24N2O4S/c1-14-9-11-18(12-10-14)28(24,25)23-16(3)20(17-7-5-4-6-8-17)26-21(23)19-13-15(2)22-27-19/h4-12,16,19-21H,13H2,1-3H3/t16-,19-,20-,21-/m0/s1. The van der Waals surface area contributed by atoms with Crippen LogP contribution in [0.3, 0.4) is 0 Å². The second kappa shape index (κ2) is 7.31. The number of ether oxygens (including phenoxy) is 1. The largest absolute Gasteiger partial charge is 0.388 e. The second-order valence-electron chi connectivity index (χ2n) is 7.42. The maximum Gasteiger partial charge on any atom is 0.245 e. The molecule has 1 fully saturated rings. The van der Waals surface area contributed by atoms with E-state index < -0.39 is 22.4 Å². The highest BCUT2D eigenvalue weighted by Gasteiger charge is 2.52. The van der Waals surface area contributed by atoms with E-state index in [9.17, 15) is 8.42 Å². The van der Waals surface area contributed by atoms with Crippen molar-refractivity contribution in [3.8, 4) is 0 Å². The van der Waals surface area contributed by atoms with Gasteiger partial charge in [0, 0.05) is 6.42 Å². The summed E-state index contributed by atoms with van der Waals surface area (Å²) < 4.78 is 34.8. The van der Waals surface area contributed by atoms with Crippen LogP contribution in [0.2, 0.25) is 0 Å². The van der Waals surface area contributed by atoms with Crippen molar-refractivity contribution in [2.24, 2.45) is 5.16 Å². The first-order valence-corrected chi connectivity index (χ1v) is 10.8. The van der Waals surface area contributed by atoms with Gasteiger partial charge in [-0.3, -0.25) is 0 Å². The number of benzene rings is 2. The van der Waals surface area contributed by atoms with Crippen molar-refractivity contribution >= 4 is 15.7 Å². The summed E-state index contributed by atoms with van der Waals surface area (Å²) in [6.45, 7) is 5.68. The molecule has 0 N–H and O–H groups in total. The van der Waals surface area contributed by atoms with E-state index in [-0.39, 0.29) is 17.0 Å². The number of hydrogen-bond acceptors (Lipinski definition) is 5. The first-order chi connectivity index (χ1) is 13.4. The molecule has 0 bridgehead atoms. The summed E-state index contributed by atoms with van der Waals surface area (Å²) in [7, 11) is -3.77. The van der Waals surface area contributed by atoms with E-state index in [2.05, 4.69) is 5.16 Å². The van der Waals surface area contributed by atoms with Crippen molar-refractivity contribution < 1.29 is 18.0 Å². The average Bonchev–Trinajstić information content (AvgIpc) is 3.26. The molecule has 148 valence electrons. The van der Waals surface area contributed by atoms with Gasteiger partial charge in [0.2, 0.25) is 10.0 Å². The molecule has 4 rings (SSSR count). The Morgan fingerprint density at radius 2 is 1.71 bits per heavy atom. The van der Waals surface area contributed by atoms with Crippen LogP contribution < -0.4 is 0 Å². The van der Waals surface area contributed by atoms with Crippen LogP contribution in [-0.2, 0) is 19.6 Å². The number of sulfonamides is 1. The van der Waals surface area contributed by atoms with Crippen LogP contribution in [0.25, 0.3) is 0 Å². The summed E-state index contributed by atoms with van der Waals surface area (Å²) in [6, 6.07) is 16.2. The topological polar surface area (TPSA) is 68.2 Å². The van der Waals surface area contributed by atoms with E-state index >= 15 is 0 Å². The zero-order chi connectivity index (χ0) is 19.9. The number of hydrogen-bond donors (Lipinski definition) is 0. The van der Waals surface area contributed by atoms with Gasteiger partial charge in [0.25, 0.3) is 0 Å². The fourth-order valence-corrected chi connectivity index (χ4v) is 5.54. The van der Waals surface area contributed by atoms with Gasteiger partial charge in [0.1, 0.15) is 6.10 Å². The van der Waals surface area contributed by atoms with E-state index in [0.29, 0.717) is 6.42 Å². The molecule has 0 radical (unpaired) electrons. The first kappa shape index (κ1) is 19.1. The van der Waals surface area contributed by atoms with Gasteiger partial charge in [0.05, 0.1) is 16.6 Å². The smallest absolute Gasteiger partial charge is 0.245 e. The van der Waals surface area contributed by atoms with Gasteiger partial charge < -0.3 is 9.57 Å². The maximum atomic E-state index is 13.5. The lowest BCUT2D eigenvalue weighted by Crippen LogP contribution is -2.46. The van der Waals surface area contributed by atoms with Crippen LogP contribution in [0, 0.1) is 6.92 Å². The fraction of sp³-hybridized carbons (Fsp3) is 0.381. The molecule has 28 heavy (non-hydrogen) atoms. The Hall–Kier alpha value is -2.22. The van der Waals surface area contributed by atoms with Crippen molar-refractivity contribution in [2.75, 3.05) is 0 Å². The van der Waals surface area contributed by atoms with Crippen molar-refractivity contribution in [3.05, 3.63) is 65.7 Å². The molecule has 0 spiro atoms. The minimum atomic E-state index is -3.77. The Balaban J connectivity index is 1.73. The van der Waals surface area contributed by atoms with E-state index in [1.165, 1.54) is 4.31 Å². The molecule has 2 aromatic carbocycles. The van der Waals surface area contributed by atoms with Crippen LogP contribution in [0.15, 0.2) is 64.6 Å². The molecule has 2 aromatic rings. The second-order valence-corrected chi connectivity index (χ2v) is 9.26. The fourth-order valence-electron chi connectivity index (χ4n) is 3.80. The Bertz CT molecular complexity index is 973. The molecular weight excluding hydrogens is 376 g/mol. The molecule has 0 amide bonds. The molecule has 2 aliphatic heterocycles. The Kier molecular flexibility index (Phi) is 4.99. The highest BCUT2D eigenvalue weighted by atomic mass is 32.2. The summed E-state index contributed by atoms with van der Waals surface area (Å²) in [5.74, 6) is 0. The minimum Gasteiger partial charge on any atom is -0.388 e. The minimum absolute atomic E-state index is 0.253. The van der Waals surface area contributed by atoms with Crippen LogP contribution in [0.4, 0.5) is 0 Å². The number of aryl methyl sites for hydroxylation is 1. The summed E-state index contributed by atoms with van der Waals surface area (Å²) in [4.78, 5) is 5.77. The summed E-state index contributed by atoms with van der Waals surface area (Å²) in [6.07, 6.45) is -1.04. The highest BCUT2D eigenvalue weighted by molar-refractivity contribution is 7.89. The van der Waals surface area contributed by atoms with E-state index in [0.717, 1.165) is 16.8 Å². The summed E-state index contributed by atoms with van der Waals surface area (Å²) in [5, 5.41) is 4.00. The van der Waals surface area contributed by atoms with Crippen molar-refractivity contribution in [3.63, 3.8) is 0 Å². The van der Waals surface area contributed by atoms with Crippen LogP contribution >= 0.6 is 0 Å². The van der Waals surface area contributed by atoms with Gasteiger partial charge in [-0.2, -0.15) is 4.31 Å². The lowest BCUT2D eigenvalue weighted by molar-refractivity contribution is -0.0805.